The second kappa shape index (κ2) is 7.17. The van der Waals surface area contributed by atoms with Gasteiger partial charge in [-0.15, -0.1) is 0 Å². The van der Waals surface area contributed by atoms with Gasteiger partial charge in [0.25, 0.3) is 0 Å². The molecule has 4 heteroatoms. The van der Waals surface area contributed by atoms with Gasteiger partial charge in [-0.3, -0.25) is 0 Å². The van der Waals surface area contributed by atoms with E-state index in [0.717, 1.165) is 5.75 Å². The summed E-state index contributed by atoms with van der Waals surface area (Å²) in [5, 5.41) is 3.05. The first-order valence-electron chi connectivity index (χ1n) is 7.09. The van der Waals surface area contributed by atoms with Crippen molar-refractivity contribution in [3.8, 4) is 5.75 Å². The number of nitrogens with zero attached hydrogens (tertiary/aromatic N) is 1. The lowest BCUT2D eigenvalue weighted by Gasteiger charge is -2.22. The minimum atomic E-state index is 0.0675. The Labute approximate surface area is 122 Å². The van der Waals surface area contributed by atoms with Crippen LogP contribution in [0.4, 0.5) is 0 Å². The Balaban J connectivity index is 2.55. The molecule has 3 N–H and O–H groups in total. The highest BCUT2D eigenvalue weighted by Gasteiger charge is 2.18. The van der Waals surface area contributed by atoms with Crippen LogP contribution in [0.5, 0.6) is 5.75 Å². The van der Waals surface area contributed by atoms with Crippen LogP contribution in [-0.4, -0.2) is 25.2 Å². The highest BCUT2D eigenvalue weighted by molar-refractivity contribution is 5.78. The molecule has 0 aliphatic rings. The zero-order valence-electron chi connectivity index (χ0n) is 13.2. The molecular weight excluding hydrogens is 250 g/mol. The summed E-state index contributed by atoms with van der Waals surface area (Å²) in [6.07, 6.45) is 0. The maximum absolute atomic E-state index is 5.83. The molecule has 1 aromatic rings. The summed E-state index contributed by atoms with van der Waals surface area (Å²) in [5.74, 6) is 1.39. The third-order valence-electron chi connectivity index (χ3n) is 2.76. The maximum Gasteiger partial charge on any atom is 0.188 e. The molecule has 0 fully saturated rings. The molecule has 0 saturated carbocycles. The summed E-state index contributed by atoms with van der Waals surface area (Å²) in [6, 6.07) is 8.42. The van der Waals surface area contributed by atoms with Gasteiger partial charge in [-0.25, -0.2) is 4.99 Å². The number of rotatable bonds is 5. The molecular formula is C16H27N3O. The SMILES string of the molecule is CC(C)NC(N)=NCCOc1ccccc1C(C)(C)C. The fourth-order valence-electron chi connectivity index (χ4n) is 1.88. The molecule has 0 aliphatic carbocycles. The van der Waals surface area contributed by atoms with Gasteiger partial charge in [-0.2, -0.15) is 0 Å². The number of para-hydroxylation sites is 1. The van der Waals surface area contributed by atoms with E-state index in [0.29, 0.717) is 25.2 Å². The van der Waals surface area contributed by atoms with Gasteiger partial charge in [0, 0.05) is 6.04 Å². The second-order valence-corrected chi connectivity index (χ2v) is 6.16. The van der Waals surface area contributed by atoms with Crippen molar-refractivity contribution >= 4 is 5.96 Å². The number of ether oxygens (including phenoxy) is 1. The molecule has 0 aliphatic heterocycles. The molecule has 0 atom stereocenters. The average Bonchev–Trinajstić information content (AvgIpc) is 2.33. The van der Waals surface area contributed by atoms with E-state index >= 15 is 0 Å². The van der Waals surface area contributed by atoms with E-state index in [-0.39, 0.29) is 5.41 Å². The van der Waals surface area contributed by atoms with Crippen LogP contribution in [-0.2, 0) is 5.41 Å². The molecule has 0 amide bonds. The fraction of sp³-hybridized carbons (Fsp3) is 0.562. The Bertz CT molecular complexity index is 447. The molecule has 1 rings (SSSR count). The van der Waals surface area contributed by atoms with Gasteiger partial charge in [0.05, 0.1) is 6.54 Å². The Morgan fingerprint density at radius 3 is 2.55 bits per heavy atom. The van der Waals surface area contributed by atoms with Crippen molar-refractivity contribution in [2.45, 2.75) is 46.1 Å². The lowest BCUT2D eigenvalue weighted by atomic mass is 9.86. The van der Waals surface area contributed by atoms with Crippen LogP contribution in [0, 0.1) is 0 Å². The number of aliphatic imine (C=N–C) groups is 1. The van der Waals surface area contributed by atoms with Crippen LogP contribution < -0.4 is 15.8 Å². The van der Waals surface area contributed by atoms with Gasteiger partial charge < -0.3 is 15.8 Å². The molecule has 0 unspecified atom stereocenters. The van der Waals surface area contributed by atoms with E-state index in [1.165, 1.54) is 5.56 Å². The summed E-state index contributed by atoms with van der Waals surface area (Å²) in [7, 11) is 0. The number of benzene rings is 1. The molecule has 1 aromatic carbocycles. The van der Waals surface area contributed by atoms with E-state index in [2.05, 4.69) is 37.1 Å². The molecule has 0 saturated heterocycles. The number of nitrogens with two attached hydrogens (primary N) is 1. The summed E-state index contributed by atoms with van der Waals surface area (Å²) in [5.41, 5.74) is 7.01. The van der Waals surface area contributed by atoms with Crippen molar-refractivity contribution in [3.05, 3.63) is 29.8 Å². The van der Waals surface area contributed by atoms with E-state index < -0.39 is 0 Å². The summed E-state index contributed by atoms with van der Waals surface area (Å²) in [6.45, 7) is 11.7. The van der Waals surface area contributed by atoms with Crippen LogP contribution in [0.15, 0.2) is 29.3 Å². The second-order valence-electron chi connectivity index (χ2n) is 6.16. The monoisotopic (exact) mass is 277 g/mol. The molecule has 112 valence electrons. The van der Waals surface area contributed by atoms with Crippen molar-refractivity contribution in [2.75, 3.05) is 13.2 Å². The summed E-state index contributed by atoms with van der Waals surface area (Å²) in [4.78, 5) is 4.23. The first kappa shape index (κ1) is 16.3. The first-order valence-corrected chi connectivity index (χ1v) is 7.09. The highest BCUT2D eigenvalue weighted by Crippen LogP contribution is 2.30. The Hall–Kier alpha value is -1.71. The molecule has 0 spiro atoms. The van der Waals surface area contributed by atoms with Gasteiger partial charge in [-0.1, -0.05) is 39.0 Å². The van der Waals surface area contributed by atoms with Gasteiger partial charge in [0.15, 0.2) is 5.96 Å². The van der Waals surface area contributed by atoms with E-state index in [4.69, 9.17) is 10.5 Å². The Morgan fingerprint density at radius 2 is 1.95 bits per heavy atom. The number of hydrogen-bond donors (Lipinski definition) is 2. The van der Waals surface area contributed by atoms with E-state index in [1.54, 1.807) is 0 Å². The minimum absolute atomic E-state index is 0.0675. The van der Waals surface area contributed by atoms with Gasteiger partial charge in [-0.05, 0) is 30.9 Å². The van der Waals surface area contributed by atoms with Gasteiger partial charge in [0.1, 0.15) is 12.4 Å². The number of hydrogen-bond acceptors (Lipinski definition) is 2. The smallest absolute Gasteiger partial charge is 0.188 e. The lowest BCUT2D eigenvalue weighted by molar-refractivity contribution is 0.319. The third kappa shape index (κ3) is 5.51. The highest BCUT2D eigenvalue weighted by atomic mass is 16.5. The quantitative estimate of drug-likeness (QED) is 0.494. The Morgan fingerprint density at radius 1 is 1.30 bits per heavy atom. The zero-order chi connectivity index (χ0) is 15.2. The molecule has 0 aromatic heterocycles. The Kier molecular flexibility index (Phi) is 5.86. The normalized spacial score (nSPS) is 12.6. The molecule has 0 radical (unpaired) electrons. The number of guanidine groups is 1. The maximum atomic E-state index is 5.83. The van der Waals surface area contributed by atoms with Crippen molar-refractivity contribution in [3.63, 3.8) is 0 Å². The van der Waals surface area contributed by atoms with E-state index in [9.17, 15) is 0 Å². The molecule has 0 bridgehead atoms. The topological polar surface area (TPSA) is 59.6 Å². The van der Waals surface area contributed by atoms with Crippen LogP contribution in [0.1, 0.15) is 40.2 Å². The van der Waals surface area contributed by atoms with E-state index in [1.807, 2.05) is 32.0 Å². The summed E-state index contributed by atoms with van der Waals surface area (Å²) < 4.78 is 5.83. The average molecular weight is 277 g/mol. The van der Waals surface area contributed by atoms with Crippen LogP contribution in [0.25, 0.3) is 0 Å². The first-order chi connectivity index (χ1) is 9.30. The third-order valence-corrected chi connectivity index (χ3v) is 2.76. The zero-order valence-corrected chi connectivity index (χ0v) is 13.2. The largest absolute Gasteiger partial charge is 0.491 e. The van der Waals surface area contributed by atoms with Crippen molar-refractivity contribution < 1.29 is 4.74 Å². The van der Waals surface area contributed by atoms with Crippen molar-refractivity contribution in [2.24, 2.45) is 10.7 Å². The van der Waals surface area contributed by atoms with Crippen molar-refractivity contribution in [1.29, 1.82) is 0 Å². The number of nitrogens with one attached hydrogen (secondary N) is 1. The summed E-state index contributed by atoms with van der Waals surface area (Å²) >= 11 is 0. The molecule has 20 heavy (non-hydrogen) atoms. The van der Waals surface area contributed by atoms with Crippen molar-refractivity contribution in [1.82, 2.24) is 5.32 Å². The van der Waals surface area contributed by atoms with Crippen LogP contribution in [0.3, 0.4) is 0 Å². The predicted octanol–water partition coefficient (Wildman–Crippen LogP) is 2.68. The van der Waals surface area contributed by atoms with Gasteiger partial charge in [0.2, 0.25) is 0 Å². The molecule has 0 heterocycles. The van der Waals surface area contributed by atoms with Gasteiger partial charge >= 0.3 is 0 Å². The van der Waals surface area contributed by atoms with Crippen LogP contribution in [0.2, 0.25) is 0 Å². The standard InChI is InChI=1S/C16H27N3O/c1-12(2)19-15(17)18-10-11-20-14-9-7-6-8-13(14)16(3,4)5/h6-9,12H,10-11H2,1-5H3,(H3,17,18,19). The lowest BCUT2D eigenvalue weighted by Crippen LogP contribution is -2.37. The van der Waals surface area contributed by atoms with Crippen LogP contribution >= 0.6 is 0 Å². The fourth-order valence-corrected chi connectivity index (χ4v) is 1.88. The molecule has 4 nitrogen and oxygen atoms in total. The minimum Gasteiger partial charge on any atom is -0.491 e. The predicted molar refractivity (Wildman–Crippen MR) is 85.4 cm³/mol.